The van der Waals surface area contributed by atoms with E-state index in [1.54, 1.807) is 0 Å². The van der Waals surface area contributed by atoms with E-state index in [0.717, 1.165) is 19.4 Å². The highest BCUT2D eigenvalue weighted by Gasteiger charge is 2.38. The normalized spacial score (nSPS) is 39.2. The molecule has 1 fully saturated rings. The van der Waals surface area contributed by atoms with Crippen molar-refractivity contribution in [1.29, 1.82) is 0 Å². The van der Waals surface area contributed by atoms with Crippen LogP contribution in [0.1, 0.15) is 60.8 Å². The van der Waals surface area contributed by atoms with Crippen LogP contribution in [0.4, 0.5) is 0 Å². The van der Waals surface area contributed by atoms with Crippen molar-refractivity contribution >= 4 is 0 Å². The van der Waals surface area contributed by atoms with Gasteiger partial charge in [0.25, 0.3) is 0 Å². The van der Waals surface area contributed by atoms with Crippen LogP contribution in [0.5, 0.6) is 0 Å². The molecule has 102 valence electrons. The first-order valence-corrected chi connectivity index (χ1v) is 6.92. The monoisotopic (exact) mass is 240 g/mol. The molecule has 0 aromatic carbocycles. The zero-order valence-corrected chi connectivity index (χ0v) is 12.9. The van der Waals surface area contributed by atoms with E-state index in [9.17, 15) is 0 Å². The van der Waals surface area contributed by atoms with Crippen LogP contribution in [0.2, 0.25) is 0 Å². The lowest BCUT2D eigenvalue weighted by atomic mass is 9.69. The topological polar surface area (TPSA) is 29.3 Å². The van der Waals surface area contributed by atoms with E-state index < -0.39 is 0 Å². The Morgan fingerprint density at radius 3 is 2.06 bits per heavy atom. The lowest BCUT2D eigenvalue weighted by molar-refractivity contribution is 0.127. The molecular weight excluding hydrogens is 208 g/mol. The van der Waals surface area contributed by atoms with Gasteiger partial charge in [0.05, 0.1) is 0 Å². The third-order valence-corrected chi connectivity index (χ3v) is 4.03. The molecule has 0 aliphatic carbocycles. The van der Waals surface area contributed by atoms with Gasteiger partial charge in [-0.15, -0.1) is 0 Å². The molecule has 1 aliphatic rings. The minimum Gasteiger partial charge on any atom is -0.325 e. The maximum atomic E-state index is 6.51. The van der Waals surface area contributed by atoms with Crippen LogP contribution < -0.4 is 5.73 Å². The Bertz CT molecular complexity index is 240. The molecular formula is C15H32N2. The fraction of sp³-hybridized carbons (Fsp3) is 1.00. The summed E-state index contributed by atoms with van der Waals surface area (Å²) < 4.78 is 0. The molecule has 1 aliphatic heterocycles. The van der Waals surface area contributed by atoms with Gasteiger partial charge < -0.3 is 10.6 Å². The number of nitrogens with two attached hydrogens (primary N) is 1. The van der Waals surface area contributed by atoms with Gasteiger partial charge in [0.2, 0.25) is 0 Å². The van der Waals surface area contributed by atoms with E-state index in [4.69, 9.17) is 5.73 Å². The van der Waals surface area contributed by atoms with Crippen molar-refractivity contribution in [3.8, 4) is 0 Å². The second kappa shape index (κ2) is 4.55. The predicted octanol–water partition coefficient (Wildman–Crippen LogP) is 3.26. The maximum absolute atomic E-state index is 6.51. The van der Waals surface area contributed by atoms with Gasteiger partial charge in [-0.3, -0.25) is 0 Å². The van der Waals surface area contributed by atoms with Gasteiger partial charge in [0.1, 0.15) is 0 Å². The molecule has 2 nitrogen and oxygen atoms in total. The SMILES string of the molecule is CC1CC(C)(N)CC(C)(C)CC(C)(C)CN1C. The molecule has 2 heteroatoms. The van der Waals surface area contributed by atoms with Crippen LogP contribution in [-0.2, 0) is 0 Å². The zero-order valence-electron chi connectivity index (χ0n) is 12.9. The summed E-state index contributed by atoms with van der Waals surface area (Å²) in [5, 5.41) is 0. The van der Waals surface area contributed by atoms with Crippen molar-refractivity contribution in [2.45, 2.75) is 72.4 Å². The van der Waals surface area contributed by atoms with Gasteiger partial charge in [-0.1, -0.05) is 27.7 Å². The summed E-state index contributed by atoms with van der Waals surface area (Å²) in [4.78, 5) is 2.48. The summed E-state index contributed by atoms with van der Waals surface area (Å²) in [6, 6.07) is 0.568. The Kier molecular flexibility index (Phi) is 4.01. The molecule has 1 heterocycles. The molecule has 0 radical (unpaired) electrons. The lowest BCUT2D eigenvalue weighted by Gasteiger charge is -2.38. The Morgan fingerprint density at radius 2 is 1.53 bits per heavy atom. The van der Waals surface area contributed by atoms with Crippen molar-refractivity contribution in [3.05, 3.63) is 0 Å². The highest BCUT2D eigenvalue weighted by molar-refractivity contribution is 4.94. The van der Waals surface area contributed by atoms with Crippen molar-refractivity contribution in [2.24, 2.45) is 16.6 Å². The fourth-order valence-corrected chi connectivity index (χ4v) is 4.24. The van der Waals surface area contributed by atoms with Crippen molar-refractivity contribution < 1.29 is 0 Å². The first kappa shape index (κ1) is 15.0. The first-order valence-electron chi connectivity index (χ1n) is 6.92. The molecule has 0 amide bonds. The summed E-state index contributed by atoms with van der Waals surface area (Å²) >= 11 is 0. The molecule has 0 bridgehead atoms. The highest BCUT2D eigenvalue weighted by atomic mass is 15.1. The predicted molar refractivity (Wildman–Crippen MR) is 76.1 cm³/mol. The first-order chi connectivity index (χ1) is 7.43. The lowest BCUT2D eigenvalue weighted by Crippen LogP contribution is -2.45. The van der Waals surface area contributed by atoms with E-state index in [-0.39, 0.29) is 5.54 Å². The van der Waals surface area contributed by atoms with E-state index in [1.165, 1.54) is 6.42 Å². The highest BCUT2D eigenvalue weighted by Crippen LogP contribution is 2.41. The molecule has 17 heavy (non-hydrogen) atoms. The van der Waals surface area contributed by atoms with Crippen LogP contribution in [0, 0.1) is 10.8 Å². The zero-order chi connectivity index (χ0) is 13.5. The average molecular weight is 240 g/mol. The maximum Gasteiger partial charge on any atom is 0.0145 e. The second-order valence-electron chi connectivity index (χ2n) is 8.30. The second-order valence-corrected chi connectivity index (χ2v) is 8.30. The van der Waals surface area contributed by atoms with E-state index in [1.807, 2.05) is 0 Å². The Balaban J connectivity index is 2.97. The summed E-state index contributed by atoms with van der Waals surface area (Å²) in [5.41, 5.74) is 7.16. The van der Waals surface area contributed by atoms with Gasteiger partial charge >= 0.3 is 0 Å². The molecule has 2 unspecified atom stereocenters. The fourth-order valence-electron chi connectivity index (χ4n) is 4.24. The standard InChI is InChI=1S/C15H32N2/c1-12-8-15(6,16)10-13(2,3)9-14(4,5)11-17(12)7/h12H,8-11,16H2,1-7H3. The Morgan fingerprint density at radius 1 is 1.00 bits per heavy atom. The third kappa shape index (κ3) is 4.59. The Hall–Kier alpha value is -0.0800. The van der Waals surface area contributed by atoms with Gasteiger partial charge in [-0.25, -0.2) is 0 Å². The Labute approximate surface area is 108 Å². The van der Waals surface area contributed by atoms with Crippen molar-refractivity contribution in [3.63, 3.8) is 0 Å². The molecule has 2 atom stereocenters. The van der Waals surface area contributed by atoms with E-state index >= 15 is 0 Å². The van der Waals surface area contributed by atoms with E-state index in [0.29, 0.717) is 16.9 Å². The van der Waals surface area contributed by atoms with Crippen LogP contribution >= 0.6 is 0 Å². The van der Waals surface area contributed by atoms with Gasteiger partial charge in [0, 0.05) is 18.1 Å². The molecule has 2 N–H and O–H groups in total. The number of nitrogens with zero attached hydrogens (tertiary/aromatic N) is 1. The van der Waals surface area contributed by atoms with E-state index in [2.05, 4.69) is 53.5 Å². The quantitative estimate of drug-likeness (QED) is 0.704. The largest absolute Gasteiger partial charge is 0.325 e. The third-order valence-electron chi connectivity index (χ3n) is 4.03. The van der Waals surface area contributed by atoms with Gasteiger partial charge in [-0.05, 0) is 51.0 Å². The number of hydrogen-bond donors (Lipinski definition) is 1. The van der Waals surface area contributed by atoms with Gasteiger partial charge in [0.15, 0.2) is 0 Å². The molecule has 0 aromatic heterocycles. The minimum absolute atomic E-state index is 0.0441. The van der Waals surface area contributed by atoms with Crippen molar-refractivity contribution in [1.82, 2.24) is 4.90 Å². The van der Waals surface area contributed by atoms with Crippen molar-refractivity contribution in [2.75, 3.05) is 13.6 Å². The average Bonchev–Trinajstić information content (AvgIpc) is 1.95. The molecule has 1 saturated heterocycles. The van der Waals surface area contributed by atoms with Crippen LogP contribution in [0.3, 0.4) is 0 Å². The summed E-state index contributed by atoms with van der Waals surface area (Å²) in [6.45, 7) is 15.2. The molecule has 0 spiro atoms. The summed E-state index contributed by atoms with van der Waals surface area (Å²) in [5.74, 6) is 0. The molecule has 1 rings (SSSR count). The van der Waals surface area contributed by atoms with Crippen LogP contribution in [0.25, 0.3) is 0 Å². The molecule has 0 aromatic rings. The molecule has 0 saturated carbocycles. The number of rotatable bonds is 0. The number of hydrogen-bond acceptors (Lipinski definition) is 2. The van der Waals surface area contributed by atoms with Gasteiger partial charge in [-0.2, -0.15) is 0 Å². The van der Waals surface area contributed by atoms with Crippen LogP contribution in [-0.4, -0.2) is 30.1 Å². The van der Waals surface area contributed by atoms with Crippen LogP contribution in [0.15, 0.2) is 0 Å². The summed E-state index contributed by atoms with van der Waals surface area (Å²) in [7, 11) is 2.24. The minimum atomic E-state index is -0.0441. The smallest absolute Gasteiger partial charge is 0.0145 e. The summed E-state index contributed by atoms with van der Waals surface area (Å²) in [6.07, 6.45) is 3.44.